The number of hydrogen-bond acceptors (Lipinski definition) is 4. The number of unbranched alkanes of at least 4 members (excludes halogenated alkanes) is 1. The van der Waals surface area contributed by atoms with Gasteiger partial charge in [-0.3, -0.25) is 9.59 Å². The maximum atomic E-state index is 12.3. The highest BCUT2D eigenvalue weighted by Gasteiger charge is 2.29. The third kappa shape index (κ3) is 3.94. The monoisotopic (exact) mass is 313 g/mol. The van der Waals surface area contributed by atoms with Crippen LogP contribution in [0.15, 0.2) is 48.1 Å². The van der Waals surface area contributed by atoms with E-state index in [4.69, 9.17) is 4.84 Å². The molecule has 120 valence electrons. The molecule has 5 heteroatoms. The lowest BCUT2D eigenvalue weighted by molar-refractivity contribution is -0.193. The van der Waals surface area contributed by atoms with Crippen molar-refractivity contribution >= 4 is 23.4 Å². The van der Waals surface area contributed by atoms with Gasteiger partial charge in [0.15, 0.2) is 0 Å². The maximum Gasteiger partial charge on any atom is 0.359 e. The number of benzene rings is 1. The third-order valence-corrected chi connectivity index (χ3v) is 3.60. The fraction of sp³-hybridized carbons (Fsp3) is 0.278. The van der Waals surface area contributed by atoms with Crippen molar-refractivity contribution in [2.24, 2.45) is 0 Å². The van der Waals surface area contributed by atoms with Crippen molar-refractivity contribution < 1.29 is 19.2 Å². The summed E-state index contributed by atoms with van der Waals surface area (Å²) in [7, 11) is 0. The normalized spacial score (nSPS) is 15.0. The Balaban J connectivity index is 2.24. The van der Waals surface area contributed by atoms with Crippen LogP contribution in [0.25, 0.3) is 5.57 Å². The first-order valence-electron chi connectivity index (χ1n) is 7.58. The third-order valence-electron chi connectivity index (χ3n) is 3.60. The molecule has 0 aromatic heterocycles. The standard InChI is InChI=1S/C18H19NO4/c1-3-4-10-15(14-8-6-5-7-9-14)13(2)18(22)23-19-16(20)11-12-17(19)21/h5-9,11-12H,3-4,10H2,1-2H3. The molecule has 0 spiro atoms. The highest BCUT2D eigenvalue weighted by atomic mass is 16.7. The molecule has 1 heterocycles. The lowest BCUT2D eigenvalue weighted by atomic mass is 9.96. The van der Waals surface area contributed by atoms with Gasteiger partial charge in [-0.15, -0.1) is 0 Å². The molecule has 1 aromatic rings. The van der Waals surface area contributed by atoms with Crippen LogP contribution in [0, 0.1) is 0 Å². The number of hydrogen-bond donors (Lipinski definition) is 0. The number of carbonyl (C=O) groups is 3. The molecule has 0 saturated heterocycles. The van der Waals surface area contributed by atoms with Crippen LogP contribution in [0.3, 0.4) is 0 Å². The van der Waals surface area contributed by atoms with Crippen LogP contribution in [-0.4, -0.2) is 22.8 Å². The summed E-state index contributed by atoms with van der Waals surface area (Å²) >= 11 is 0. The maximum absolute atomic E-state index is 12.3. The Hall–Kier alpha value is -2.69. The van der Waals surface area contributed by atoms with E-state index in [1.54, 1.807) is 6.92 Å². The van der Waals surface area contributed by atoms with E-state index in [9.17, 15) is 14.4 Å². The van der Waals surface area contributed by atoms with Crippen molar-refractivity contribution in [1.82, 2.24) is 5.06 Å². The second kappa shape index (κ2) is 7.54. The van der Waals surface area contributed by atoms with E-state index >= 15 is 0 Å². The van der Waals surface area contributed by atoms with Crippen molar-refractivity contribution in [2.45, 2.75) is 33.1 Å². The molecule has 0 radical (unpaired) electrons. The molecule has 5 nitrogen and oxygen atoms in total. The summed E-state index contributed by atoms with van der Waals surface area (Å²) in [5.41, 5.74) is 2.20. The molecule has 1 aromatic carbocycles. The molecule has 0 unspecified atom stereocenters. The van der Waals surface area contributed by atoms with Gasteiger partial charge in [-0.1, -0.05) is 48.7 Å². The first kappa shape index (κ1) is 16.7. The number of hydroxylamine groups is 2. The average molecular weight is 313 g/mol. The largest absolute Gasteiger partial charge is 0.359 e. The minimum absolute atomic E-state index is 0.400. The van der Waals surface area contributed by atoms with Gasteiger partial charge < -0.3 is 4.84 Å². The zero-order valence-electron chi connectivity index (χ0n) is 13.2. The number of carbonyl (C=O) groups excluding carboxylic acids is 3. The topological polar surface area (TPSA) is 63.7 Å². The summed E-state index contributed by atoms with van der Waals surface area (Å²) in [5, 5.41) is 0.480. The van der Waals surface area contributed by atoms with Gasteiger partial charge >= 0.3 is 5.97 Å². The van der Waals surface area contributed by atoms with Crippen LogP contribution < -0.4 is 0 Å². The van der Waals surface area contributed by atoms with E-state index in [-0.39, 0.29) is 0 Å². The molecule has 0 atom stereocenters. The van der Waals surface area contributed by atoms with Crippen LogP contribution in [0.2, 0.25) is 0 Å². The summed E-state index contributed by atoms with van der Waals surface area (Å²) in [6, 6.07) is 9.56. The summed E-state index contributed by atoms with van der Waals surface area (Å²) in [6.07, 6.45) is 4.79. The number of imide groups is 1. The fourth-order valence-electron chi connectivity index (χ4n) is 2.29. The van der Waals surface area contributed by atoms with Crippen molar-refractivity contribution in [3.8, 4) is 0 Å². The summed E-state index contributed by atoms with van der Waals surface area (Å²) in [6.45, 7) is 3.72. The van der Waals surface area contributed by atoms with Crippen molar-refractivity contribution in [2.75, 3.05) is 0 Å². The van der Waals surface area contributed by atoms with Crippen LogP contribution in [0.5, 0.6) is 0 Å². The van der Waals surface area contributed by atoms with E-state index in [1.165, 1.54) is 0 Å². The van der Waals surface area contributed by atoms with Gasteiger partial charge in [0.2, 0.25) is 0 Å². The van der Waals surface area contributed by atoms with E-state index in [0.29, 0.717) is 10.6 Å². The average Bonchev–Trinajstić information content (AvgIpc) is 2.88. The molecule has 2 rings (SSSR count). The molecule has 23 heavy (non-hydrogen) atoms. The first-order valence-corrected chi connectivity index (χ1v) is 7.58. The Morgan fingerprint density at radius 2 is 1.70 bits per heavy atom. The Morgan fingerprint density at radius 3 is 2.26 bits per heavy atom. The SMILES string of the molecule is CCCCC(=C(C)C(=O)ON1C(=O)C=CC1=O)c1ccccc1. The Morgan fingerprint density at radius 1 is 1.09 bits per heavy atom. The predicted octanol–water partition coefficient (Wildman–Crippen LogP) is 3.03. The number of amides is 2. The van der Waals surface area contributed by atoms with Gasteiger partial charge in [-0.2, -0.15) is 0 Å². The minimum Gasteiger partial charge on any atom is -0.325 e. The highest BCUT2D eigenvalue weighted by molar-refractivity contribution is 6.13. The highest BCUT2D eigenvalue weighted by Crippen LogP contribution is 2.25. The van der Waals surface area contributed by atoms with E-state index < -0.39 is 17.8 Å². The lowest BCUT2D eigenvalue weighted by Gasteiger charge is -2.15. The quantitative estimate of drug-likeness (QED) is 0.598. The van der Waals surface area contributed by atoms with Crippen molar-refractivity contribution in [3.63, 3.8) is 0 Å². The van der Waals surface area contributed by atoms with E-state index in [1.807, 2.05) is 30.3 Å². The summed E-state index contributed by atoms with van der Waals surface area (Å²) in [4.78, 5) is 40.2. The van der Waals surface area contributed by atoms with Crippen LogP contribution in [0.1, 0.15) is 38.7 Å². The Kier molecular flexibility index (Phi) is 5.46. The van der Waals surface area contributed by atoms with Crippen molar-refractivity contribution in [1.29, 1.82) is 0 Å². The van der Waals surface area contributed by atoms with Gasteiger partial charge in [0, 0.05) is 17.7 Å². The molecule has 0 saturated carbocycles. The van der Waals surface area contributed by atoms with Crippen molar-refractivity contribution in [3.05, 3.63) is 53.6 Å². The van der Waals surface area contributed by atoms with Gasteiger partial charge in [-0.25, -0.2) is 4.79 Å². The minimum atomic E-state index is -0.689. The van der Waals surface area contributed by atoms with E-state index in [0.717, 1.165) is 42.6 Å². The van der Waals surface area contributed by atoms with Gasteiger partial charge in [-0.05, 0) is 30.9 Å². The molecule has 0 bridgehead atoms. The van der Waals surface area contributed by atoms with Crippen LogP contribution >= 0.6 is 0 Å². The Labute approximate surface area is 135 Å². The number of nitrogens with zero attached hydrogens (tertiary/aromatic N) is 1. The first-order chi connectivity index (χ1) is 11.0. The number of rotatable bonds is 6. The van der Waals surface area contributed by atoms with E-state index in [2.05, 4.69) is 6.92 Å². The lowest BCUT2D eigenvalue weighted by Crippen LogP contribution is -2.33. The second-order valence-electron chi connectivity index (χ2n) is 5.26. The summed E-state index contributed by atoms with van der Waals surface area (Å²) < 4.78 is 0. The number of allylic oxidation sites excluding steroid dienone is 1. The molecule has 0 N–H and O–H groups in total. The Bertz CT molecular complexity index is 656. The molecule has 1 aliphatic heterocycles. The predicted molar refractivity (Wildman–Crippen MR) is 85.6 cm³/mol. The van der Waals surface area contributed by atoms with Crippen LogP contribution in [0.4, 0.5) is 0 Å². The molecular weight excluding hydrogens is 294 g/mol. The zero-order chi connectivity index (χ0) is 16.8. The van der Waals surface area contributed by atoms with Gasteiger partial charge in [0.05, 0.1) is 0 Å². The molecule has 0 fully saturated rings. The molecule has 0 aliphatic carbocycles. The van der Waals surface area contributed by atoms with Crippen LogP contribution in [-0.2, 0) is 19.2 Å². The summed E-state index contributed by atoms with van der Waals surface area (Å²) in [5.74, 6) is -1.98. The molecular formula is C18H19NO4. The zero-order valence-corrected chi connectivity index (χ0v) is 13.2. The smallest absolute Gasteiger partial charge is 0.325 e. The fourth-order valence-corrected chi connectivity index (χ4v) is 2.29. The van der Waals surface area contributed by atoms with Gasteiger partial charge in [0.1, 0.15) is 0 Å². The van der Waals surface area contributed by atoms with Gasteiger partial charge in [0.25, 0.3) is 11.8 Å². The molecule has 2 amide bonds. The second-order valence-corrected chi connectivity index (χ2v) is 5.26. The molecule has 1 aliphatic rings.